The molecule has 35 heavy (non-hydrogen) atoms. The fourth-order valence-electron chi connectivity index (χ4n) is 6.00. The van der Waals surface area contributed by atoms with E-state index in [1.165, 1.54) is 5.19 Å². The van der Waals surface area contributed by atoms with Crippen molar-refractivity contribution < 1.29 is 24.1 Å². The predicted molar refractivity (Wildman–Crippen MR) is 140 cm³/mol. The second kappa shape index (κ2) is 10.7. The molecule has 1 amide bonds. The second-order valence-electron chi connectivity index (χ2n) is 10.5. The minimum atomic E-state index is -2.23. The van der Waals surface area contributed by atoms with Gasteiger partial charge in [0.1, 0.15) is 17.6 Å². The molecule has 0 aromatic heterocycles. The Morgan fingerprint density at radius 2 is 1.89 bits per heavy atom. The zero-order valence-corrected chi connectivity index (χ0v) is 22.6. The lowest BCUT2D eigenvalue weighted by atomic mass is 9.86. The van der Waals surface area contributed by atoms with Gasteiger partial charge in [0.2, 0.25) is 5.91 Å². The molecular weight excluding hydrogens is 458 g/mol. The molecule has 0 bridgehead atoms. The number of carbonyl (C=O) groups excluding carboxylic acids is 1. The third-order valence-corrected chi connectivity index (χ3v) is 12.4. The van der Waals surface area contributed by atoms with Gasteiger partial charge >= 0.3 is 0 Å². The normalized spacial score (nSPS) is 25.0. The average molecular weight is 498 g/mol. The lowest BCUT2D eigenvalue weighted by Gasteiger charge is -2.46. The molecule has 0 aliphatic carbocycles. The van der Waals surface area contributed by atoms with Gasteiger partial charge in [0.25, 0.3) is 0 Å². The van der Waals surface area contributed by atoms with Crippen LogP contribution in [0.1, 0.15) is 37.9 Å². The summed E-state index contributed by atoms with van der Waals surface area (Å²) in [7, 11) is 1.20. The molecule has 2 aromatic carbocycles. The van der Waals surface area contributed by atoms with Gasteiger partial charge in [0.05, 0.1) is 33.9 Å². The summed E-state index contributed by atoms with van der Waals surface area (Å²) >= 11 is 0. The number of aliphatic hydroxyl groups is 1. The molecule has 2 aliphatic rings. The van der Waals surface area contributed by atoms with E-state index in [9.17, 15) is 9.90 Å². The van der Waals surface area contributed by atoms with Gasteiger partial charge < -0.3 is 24.2 Å². The van der Waals surface area contributed by atoms with Crippen molar-refractivity contribution >= 4 is 19.2 Å². The van der Waals surface area contributed by atoms with Crippen molar-refractivity contribution in [2.24, 2.45) is 5.92 Å². The Balaban J connectivity index is 1.72. The van der Waals surface area contributed by atoms with E-state index in [1.54, 1.807) is 14.2 Å². The number of fused-ring (bicyclic) bond motifs is 1. The molecule has 0 spiro atoms. The number of hydrogen-bond donors (Lipinski definition) is 1. The number of methoxy groups -OCH3 is 2. The Kier molecular flexibility index (Phi) is 7.88. The lowest BCUT2D eigenvalue weighted by molar-refractivity contribution is -0.133. The van der Waals surface area contributed by atoms with Crippen molar-refractivity contribution in [2.75, 3.05) is 27.4 Å². The summed E-state index contributed by atoms with van der Waals surface area (Å²) < 4.78 is 18.1. The number of para-hydroxylation sites is 1. The Morgan fingerprint density at radius 1 is 1.17 bits per heavy atom. The van der Waals surface area contributed by atoms with Crippen molar-refractivity contribution in [3.63, 3.8) is 0 Å². The fraction of sp³-hybridized carbons (Fsp3) is 0.536. The van der Waals surface area contributed by atoms with E-state index in [-0.39, 0.29) is 42.2 Å². The van der Waals surface area contributed by atoms with E-state index >= 15 is 0 Å². The topological polar surface area (TPSA) is 68.2 Å². The van der Waals surface area contributed by atoms with Gasteiger partial charge in [-0.2, -0.15) is 0 Å². The second-order valence-corrected chi connectivity index (χ2v) is 15.2. The van der Waals surface area contributed by atoms with Crippen molar-refractivity contribution in [2.45, 2.75) is 63.1 Å². The summed E-state index contributed by atoms with van der Waals surface area (Å²) in [6.45, 7) is 7.57. The third kappa shape index (κ3) is 4.99. The van der Waals surface area contributed by atoms with Crippen LogP contribution in [0.15, 0.2) is 48.5 Å². The van der Waals surface area contributed by atoms with Gasteiger partial charge in [0.15, 0.2) is 0 Å². The number of nitrogens with zero attached hydrogens (tertiary/aromatic N) is 1. The number of likely N-dealkylation sites (tertiary alicyclic amines) is 1. The monoisotopic (exact) mass is 497 g/mol. The number of carbonyl (C=O) groups is 1. The largest absolute Gasteiger partial charge is 0.497 e. The summed E-state index contributed by atoms with van der Waals surface area (Å²) in [4.78, 5) is 15.6. The minimum Gasteiger partial charge on any atom is -0.497 e. The van der Waals surface area contributed by atoms with E-state index in [1.807, 2.05) is 35.2 Å². The molecule has 190 valence electrons. The van der Waals surface area contributed by atoms with Crippen molar-refractivity contribution in [3.8, 4) is 11.5 Å². The van der Waals surface area contributed by atoms with Crippen LogP contribution in [-0.4, -0.2) is 63.5 Å². The highest BCUT2D eigenvalue weighted by Gasteiger charge is 2.48. The Labute approximate surface area is 210 Å². The molecule has 4 rings (SSSR count). The minimum absolute atomic E-state index is 0.0179. The van der Waals surface area contributed by atoms with Crippen LogP contribution in [0, 0.1) is 5.92 Å². The number of benzene rings is 2. The summed E-state index contributed by atoms with van der Waals surface area (Å²) in [5.74, 6) is 1.85. The number of ether oxygens (including phenoxy) is 3. The number of rotatable bonds is 8. The molecule has 5 atom stereocenters. The first kappa shape index (κ1) is 25.7. The lowest BCUT2D eigenvalue weighted by Crippen LogP contribution is -2.55. The first-order valence-electron chi connectivity index (χ1n) is 12.6. The average Bonchev–Trinajstić information content (AvgIpc) is 3.36. The van der Waals surface area contributed by atoms with Gasteiger partial charge in [-0.1, -0.05) is 55.5 Å². The molecule has 7 heteroatoms. The predicted octanol–water partition coefficient (Wildman–Crippen LogP) is 4.14. The molecule has 2 heterocycles. The zero-order chi connectivity index (χ0) is 25.2. The van der Waals surface area contributed by atoms with Gasteiger partial charge in [-0.05, 0) is 31.0 Å². The smallest absolute Gasteiger partial charge is 0.223 e. The summed E-state index contributed by atoms with van der Waals surface area (Å²) in [5.41, 5.74) is 1.08. The molecule has 1 unspecified atom stereocenters. The van der Waals surface area contributed by atoms with Gasteiger partial charge in [-0.3, -0.25) is 4.79 Å². The highest BCUT2D eigenvalue weighted by molar-refractivity contribution is 6.91. The van der Waals surface area contributed by atoms with Crippen LogP contribution in [0.25, 0.3) is 0 Å². The first-order chi connectivity index (χ1) is 16.8. The highest BCUT2D eigenvalue weighted by Crippen LogP contribution is 2.47. The fourth-order valence-corrected chi connectivity index (χ4v) is 9.33. The number of aliphatic hydroxyl groups excluding tert-OH is 1. The molecule has 0 radical (unpaired) electrons. The van der Waals surface area contributed by atoms with Crippen molar-refractivity contribution in [3.05, 3.63) is 54.1 Å². The van der Waals surface area contributed by atoms with E-state index in [2.05, 4.69) is 38.2 Å². The van der Waals surface area contributed by atoms with Crippen LogP contribution >= 0.6 is 0 Å². The van der Waals surface area contributed by atoms with E-state index in [0.29, 0.717) is 13.0 Å². The standard InChI is InChI=1S/C28H39NO5Si/c1-19-27(33-3)23-10-6-7-11-24(23)34-28(19)25(17-26(31)29-16-8-9-20(29)18-30)35(4,5)22-14-12-21(32-2)13-15-22/h6-7,10-15,19-20,25,27-28,30H,8-9,16-18H2,1-5H3/t19-,20-,25?,27-,28-/m0/s1. The van der Waals surface area contributed by atoms with Gasteiger partial charge in [0, 0.05) is 37.1 Å². The van der Waals surface area contributed by atoms with E-state index in [0.717, 1.165) is 29.9 Å². The number of amides is 1. The molecule has 2 aromatic rings. The molecule has 1 saturated heterocycles. The summed E-state index contributed by atoms with van der Waals surface area (Å²) in [6, 6.07) is 16.3. The quantitative estimate of drug-likeness (QED) is 0.555. The van der Waals surface area contributed by atoms with E-state index < -0.39 is 8.07 Å². The van der Waals surface area contributed by atoms with Crippen molar-refractivity contribution in [1.29, 1.82) is 0 Å². The molecule has 6 nitrogen and oxygen atoms in total. The third-order valence-electron chi connectivity index (χ3n) is 8.20. The molecular formula is C28H39NO5Si. The van der Waals surface area contributed by atoms with Crippen LogP contribution < -0.4 is 14.7 Å². The van der Waals surface area contributed by atoms with Crippen LogP contribution in [0.4, 0.5) is 0 Å². The van der Waals surface area contributed by atoms with Crippen LogP contribution in [0.2, 0.25) is 18.6 Å². The first-order valence-corrected chi connectivity index (χ1v) is 15.7. The Hall–Kier alpha value is -2.35. The maximum absolute atomic E-state index is 13.7. The summed E-state index contributed by atoms with van der Waals surface area (Å²) in [5, 5.41) is 11.1. The Bertz CT molecular complexity index is 1010. The Morgan fingerprint density at radius 3 is 2.54 bits per heavy atom. The van der Waals surface area contributed by atoms with Gasteiger partial charge in [-0.15, -0.1) is 0 Å². The van der Waals surface area contributed by atoms with Gasteiger partial charge in [-0.25, -0.2) is 0 Å². The van der Waals surface area contributed by atoms with Crippen molar-refractivity contribution in [1.82, 2.24) is 4.90 Å². The number of hydrogen-bond acceptors (Lipinski definition) is 5. The molecule has 1 N–H and O–H groups in total. The SMILES string of the molecule is COc1ccc([Si](C)(C)C(CC(=O)N2CCC[C@H]2CO)[C@H]2Oc3ccccc3[C@@H](OC)[C@@H]2C)cc1. The zero-order valence-electron chi connectivity index (χ0n) is 21.6. The maximum Gasteiger partial charge on any atom is 0.223 e. The van der Waals surface area contributed by atoms with E-state index in [4.69, 9.17) is 14.2 Å². The summed E-state index contributed by atoms with van der Waals surface area (Å²) in [6.07, 6.45) is 1.94. The highest BCUT2D eigenvalue weighted by atomic mass is 28.3. The van der Waals surface area contributed by atoms with Crippen LogP contribution in [0.5, 0.6) is 11.5 Å². The molecule has 2 aliphatic heterocycles. The maximum atomic E-state index is 13.7. The molecule has 0 saturated carbocycles. The van der Waals surface area contributed by atoms with Crippen LogP contribution in [-0.2, 0) is 9.53 Å². The van der Waals surface area contributed by atoms with Crippen LogP contribution in [0.3, 0.4) is 0 Å². The molecule has 1 fully saturated rings.